The van der Waals surface area contributed by atoms with Gasteiger partial charge in [-0.2, -0.15) is 0 Å². The van der Waals surface area contributed by atoms with E-state index in [4.69, 9.17) is 14.9 Å². The maximum absolute atomic E-state index is 7.48. The van der Waals surface area contributed by atoms with Gasteiger partial charge in [-0.25, -0.2) is 0 Å². The molecule has 76 valence electrons. The van der Waals surface area contributed by atoms with Crippen molar-refractivity contribution < 1.29 is 9.47 Å². The molecule has 0 heterocycles. The fourth-order valence-corrected chi connectivity index (χ4v) is 1.10. The van der Waals surface area contributed by atoms with Gasteiger partial charge in [0.2, 0.25) is 5.90 Å². The molecule has 0 aliphatic carbocycles. The first-order chi connectivity index (χ1) is 6.63. The monoisotopic (exact) mass is 193 g/mol. The van der Waals surface area contributed by atoms with Crippen molar-refractivity contribution in [1.29, 1.82) is 5.41 Å². The number of ether oxygens (including phenoxy) is 2. The average molecular weight is 193 g/mol. The highest BCUT2D eigenvalue weighted by Crippen LogP contribution is 2.15. The van der Waals surface area contributed by atoms with E-state index in [-0.39, 0.29) is 12.0 Å². The van der Waals surface area contributed by atoms with Crippen molar-refractivity contribution in [3.8, 4) is 5.75 Å². The van der Waals surface area contributed by atoms with Crippen LogP contribution in [-0.4, -0.2) is 19.1 Å². The maximum Gasteiger partial charge on any atom is 0.213 e. The van der Waals surface area contributed by atoms with Gasteiger partial charge in [0.15, 0.2) is 0 Å². The molecule has 0 aliphatic heterocycles. The number of hydrogen-bond acceptors (Lipinski definition) is 3. The molecule has 0 amide bonds. The summed E-state index contributed by atoms with van der Waals surface area (Å²) in [6, 6.07) is 7.33. The van der Waals surface area contributed by atoms with Gasteiger partial charge in [0.05, 0.1) is 13.2 Å². The lowest BCUT2D eigenvalue weighted by Gasteiger charge is -2.10. The summed E-state index contributed by atoms with van der Waals surface area (Å²) in [4.78, 5) is 0. The van der Waals surface area contributed by atoms with Gasteiger partial charge >= 0.3 is 0 Å². The molecule has 1 rings (SSSR count). The van der Waals surface area contributed by atoms with Crippen LogP contribution in [0.4, 0.5) is 0 Å². The molecule has 1 aromatic carbocycles. The van der Waals surface area contributed by atoms with Crippen molar-refractivity contribution in [2.75, 3.05) is 7.11 Å². The van der Waals surface area contributed by atoms with Crippen LogP contribution in [0, 0.1) is 5.41 Å². The van der Waals surface area contributed by atoms with Gasteiger partial charge in [0, 0.05) is 5.56 Å². The average Bonchev–Trinajstić information content (AvgIpc) is 2.16. The number of rotatable bonds is 3. The van der Waals surface area contributed by atoms with Gasteiger partial charge in [0.25, 0.3) is 0 Å². The Kier molecular flexibility index (Phi) is 3.51. The Bertz CT molecular complexity index is 321. The van der Waals surface area contributed by atoms with E-state index in [0.29, 0.717) is 0 Å². The van der Waals surface area contributed by atoms with Gasteiger partial charge in [-0.3, -0.25) is 5.41 Å². The molecular weight excluding hydrogens is 178 g/mol. The molecule has 0 radical (unpaired) electrons. The first-order valence-electron chi connectivity index (χ1n) is 4.53. The molecule has 0 spiro atoms. The van der Waals surface area contributed by atoms with Crippen LogP contribution in [-0.2, 0) is 4.74 Å². The Morgan fingerprint density at radius 3 is 2.64 bits per heavy atom. The molecule has 0 atom stereocenters. The molecule has 3 nitrogen and oxygen atoms in total. The first-order valence-corrected chi connectivity index (χ1v) is 4.53. The summed E-state index contributed by atoms with van der Waals surface area (Å²) in [6.07, 6.45) is 0.141. The zero-order valence-corrected chi connectivity index (χ0v) is 8.70. The Labute approximate surface area is 84.2 Å². The molecule has 0 aromatic heterocycles. The summed E-state index contributed by atoms with van der Waals surface area (Å²) in [5.41, 5.74) is 0.727. The zero-order valence-electron chi connectivity index (χ0n) is 8.70. The van der Waals surface area contributed by atoms with Crippen LogP contribution in [0.5, 0.6) is 5.75 Å². The van der Waals surface area contributed by atoms with Crippen LogP contribution >= 0.6 is 0 Å². The number of nitrogens with one attached hydrogen (secondary N) is 1. The normalized spacial score (nSPS) is 10.0. The van der Waals surface area contributed by atoms with Gasteiger partial charge in [0.1, 0.15) is 5.75 Å². The van der Waals surface area contributed by atoms with Gasteiger partial charge < -0.3 is 9.47 Å². The van der Waals surface area contributed by atoms with E-state index in [2.05, 4.69) is 0 Å². The predicted molar refractivity (Wildman–Crippen MR) is 56.0 cm³/mol. The minimum atomic E-state index is 0.141. The third kappa shape index (κ3) is 2.76. The molecule has 0 aliphatic rings. The van der Waals surface area contributed by atoms with Crippen molar-refractivity contribution in [2.24, 2.45) is 0 Å². The van der Waals surface area contributed by atoms with Crippen LogP contribution in [0.25, 0.3) is 0 Å². The smallest absolute Gasteiger partial charge is 0.213 e. The highest BCUT2D eigenvalue weighted by Gasteiger charge is 2.03. The number of benzene rings is 1. The quantitative estimate of drug-likeness (QED) is 0.591. The third-order valence-corrected chi connectivity index (χ3v) is 1.67. The lowest BCUT2D eigenvalue weighted by Crippen LogP contribution is -2.07. The Balaban J connectivity index is 2.84. The van der Waals surface area contributed by atoms with E-state index in [0.717, 1.165) is 11.3 Å². The molecule has 14 heavy (non-hydrogen) atoms. The third-order valence-electron chi connectivity index (χ3n) is 1.67. The summed E-state index contributed by atoms with van der Waals surface area (Å²) in [5.74, 6) is 0.915. The molecule has 0 saturated heterocycles. The fourth-order valence-electron chi connectivity index (χ4n) is 1.10. The molecule has 1 N–H and O–H groups in total. The number of methoxy groups -OCH3 is 1. The predicted octanol–water partition coefficient (Wildman–Crippen LogP) is 2.45. The van der Waals surface area contributed by atoms with Crippen molar-refractivity contribution in [3.05, 3.63) is 29.8 Å². The summed E-state index contributed by atoms with van der Waals surface area (Å²) in [7, 11) is 1.48. The number of hydrogen-bond donors (Lipinski definition) is 1. The van der Waals surface area contributed by atoms with E-state index in [9.17, 15) is 0 Å². The summed E-state index contributed by atoms with van der Waals surface area (Å²) in [6.45, 7) is 3.93. The lowest BCUT2D eigenvalue weighted by atomic mass is 10.2. The summed E-state index contributed by atoms with van der Waals surface area (Å²) < 4.78 is 10.3. The molecular formula is C11H15NO2. The van der Waals surface area contributed by atoms with Gasteiger partial charge in [-0.05, 0) is 32.0 Å². The lowest BCUT2D eigenvalue weighted by molar-refractivity contribution is 0.242. The van der Waals surface area contributed by atoms with E-state index < -0.39 is 0 Å². The molecule has 0 unspecified atom stereocenters. The van der Waals surface area contributed by atoms with E-state index in [1.54, 1.807) is 6.07 Å². The second-order valence-electron chi connectivity index (χ2n) is 3.23. The fraction of sp³-hybridized carbons (Fsp3) is 0.364. The van der Waals surface area contributed by atoms with Crippen molar-refractivity contribution in [2.45, 2.75) is 20.0 Å². The van der Waals surface area contributed by atoms with E-state index in [1.807, 2.05) is 32.0 Å². The Hall–Kier alpha value is -1.51. The molecule has 1 aromatic rings. The van der Waals surface area contributed by atoms with Crippen LogP contribution in [0.15, 0.2) is 24.3 Å². The highest BCUT2D eigenvalue weighted by atomic mass is 16.5. The minimum absolute atomic E-state index is 0.141. The molecule has 3 heteroatoms. The highest BCUT2D eigenvalue weighted by molar-refractivity contribution is 5.91. The van der Waals surface area contributed by atoms with Crippen LogP contribution in [0.1, 0.15) is 19.4 Å². The first kappa shape index (κ1) is 10.6. The van der Waals surface area contributed by atoms with E-state index in [1.165, 1.54) is 7.11 Å². The van der Waals surface area contributed by atoms with Crippen molar-refractivity contribution >= 4 is 5.90 Å². The van der Waals surface area contributed by atoms with Crippen molar-refractivity contribution in [3.63, 3.8) is 0 Å². The summed E-state index contributed by atoms with van der Waals surface area (Å²) in [5, 5.41) is 7.48. The molecule has 0 bridgehead atoms. The van der Waals surface area contributed by atoms with Gasteiger partial charge in [-0.15, -0.1) is 0 Å². The summed E-state index contributed by atoms with van der Waals surface area (Å²) >= 11 is 0. The second-order valence-corrected chi connectivity index (χ2v) is 3.23. The van der Waals surface area contributed by atoms with Crippen LogP contribution in [0.2, 0.25) is 0 Å². The molecule has 0 saturated carbocycles. The topological polar surface area (TPSA) is 42.3 Å². The largest absolute Gasteiger partial charge is 0.491 e. The van der Waals surface area contributed by atoms with Crippen molar-refractivity contribution in [1.82, 2.24) is 0 Å². The SMILES string of the molecule is COC(=N)c1cccc(OC(C)C)c1. The molecule has 0 fully saturated rings. The minimum Gasteiger partial charge on any atom is -0.491 e. The zero-order chi connectivity index (χ0) is 10.6. The standard InChI is InChI=1S/C11H15NO2/c1-8(2)14-10-6-4-5-9(7-10)11(12)13-3/h4-8,12H,1-3H3. The van der Waals surface area contributed by atoms with Crippen LogP contribution in [0.3, 0.4) is 0 Å². The van der Waals surface area contributed by atoms with E-state index >= 15 is 0 Å². The van der Waals surface area contributed by atoms with Gasteiger partial charge in [-0.1, -0.05) is 6.07 Å². The maximum atomic E-state index is 7.48. The second kappa shape index (κ2) is 4.65. The Morgan fingerprint density at radius 2 is 2.07 bits per heavy atom. The van der Waals surface area contributed by atoms with Crippen LogP contribution < -0.4 is 4.74 Å². The Morgan fingerprint density at radius 1 is 1.36 bits per heavy atom.